The van der Waals surface area contributed by atoms with Gasteiger partial charge in [0.05, 0.1) is 6.61 Å². The van der Waals surface area contributed by atoms with Crippen molar-refractivity contribution >= 4 is 5.82 Å². The predicted molar refractivity (Wildman–Crippen MR) is 85.7 cm³/mol. The van der Waals surface area contributed by atoms with Gasteiger partial charge in [0.15, 0.2) is 0 Å². The smallest absolute Gasteiger partial charge is 0.240 e. The highest BCUT2D eigenvalue weighted by Crippen LogP contribution is 2.46. The quantitative estimate of drug-likeness (QED) is 0.903. The van der Waals surface area contributed by atoms with Crippen molar-refractivity contribution in [2.45, 2.75) is 17.5 Å². The van der Waals surface area contributed by atoms with E-state index in [-0.39, 0.29) is 13.2 Å². The van der Waals surface area contributed by atoms with Gasteiger partial charge in [0.25, 0.3) is 0 Å². The van der Waals surface area contributed by atoms with Crippen molar-refractivity contribution in [2.75, 3.05) is 45.3 Å². The van der Waals surface area contributed by atoms with Gasteiger partial charge in [-0.15, -0.1) is 0 Å². The Morgan fingerprint density at radius 3 is 2.92 bits per heavy atom. The van der Waals surface area contributed by atoms with Crippen LogP contribution in [0.2, 0.25) is 0 Å². The number of aromatic nitrogens is 3. The van der Waals surface area contributed by atoms with Gasteiger partial charge < -0.3 is 19.5 Å². The largest absolute Gasteiger partial charge is 0.380 e. The highest BCUT2D eigenvalue weighted by Gasteiger charge is 2.62. The van der Waals surface area contributed by atoms with Crippen molar-refractivity contribution in [2.24, 2.45) is 0 Å². The molecular formula is C16H20FN5O2. The Hall–Kier alpha value is -2.06. The molecular weight excluding hydrogens is 313 g/mol. The van der Waals surface area contributed by atoms with Gasteiger partial charge in [-0.1, -0.05) is 5.16 Å². The first-order valence-electron chi connectivity index (χ1n) is 7.99. The van der Waals surface area contributed by atoms with Crippen LogP contribution in [-0.2, 0) is 10.2 Å². The van der Waals surface area contributed by atoms with Crippen LogP contribution in [0, 0.1) is 0 Å². The van der Waals surface area contributed by atoms with Gasteiger partial charge in [0.2, 0.25) is 11.7 Å². The topological polar surface area (TPSA) is 76.3 Å². The summed E-state index contributed by atoms with van der Waals surface area (Å²) < 4.78 is 26.3. The molecule has 2 aliphatic rings. The predicted octanol–water partition coefficient (Wildman–Crippen LogP) is 1.17. The Bertz CT molecular complexity index is 734. The SMILES string of the molecule is CN(C)c1ccc(-c2noc([C@]34CNC[C@@]3(F)CCOC4)n2)cn1. The first kappa shape index (κ1) is 15.5. The molecule has 2 aliphatic heterocycles. The van der Waals surface area contributed by atoms with E-state index in [1.54, 1.807) is 6.20 Å². The van der Waals surface area contributed by atoms with Crippen molar-refractivity contribution in [3.05, 3.63) is 24.2 Å². The molecule has 2 aromatic heterocycles. The molecule has 8 heteroatoms. The van der Waals surface area contributed by atoms with Gasteiger partial charge in [-0.25, -0.2) is 9.37 Å². The average Bonchev–Trinajstić information content (AvgIpc) is 3.19. The number of nitrogens with one attached hydrogen (secondary N) is 1. The summed E-state index contributed by atoms with van der Waals surface area (Å²) in [7, 11) is 3.84. The zero-order valence-corrected chi connectivity index (χ0v) is 13.8. The maximum Gasteiger partial charge on any atom is 0.240 e. The Kier molecular flexibility index (Phi) is 3.54. The Morgan fingerprint density at radius 1 is 1.29 bits per heavy atom. The third-order valence-corrected chi connectivity index (χ3v) is 4.98. The fourth-order valence-electron chi connectivity index (χ4n) is 3.44. The van der Waals surface area contributed by atoms with Gasteiger partial charge in [0, 0.05) is 52.0 Å². The standard InChI is InChI=1S/C16H20FN5O2/c1-22(2)12-4-3-11(7-19-12)13-20-14(24-21-13)15-8-18-9-16(15,17)5-6-23-10-15/h3-4,7,18H,5-6,8-10H2,1-2H3/t15-,16+/m1/s1. The van der Waals surface area contributed by atoms with Crippen LogP contribution in [-0.4, -0.2) is 61.2 Å². The highest BCUT2D eigenvalue weighted by molar-refractivity contribution is 5.55. The Labute approximate surface area is 139 Å². The van der Waals surface area contributed by atoms with E-state index in [1.807, 2.05) is 31.1 Å². The summed E-state index contributed by atoms with van der Waals surface area (Å²) >= 11 is 0. The summed E-state index contributed by atoms with van der Waals surface area (Å²) in [5.41, 5.74) is -1.59. The Balaban J connectivity index is 1.67. The van der Waals surface area contributed by atoms with Crippen molar-refractivity contribution in [1.82, 2.24) is 20.4 Å². The van der Waals surface area contributed by atoms with Crippen molar-refractivity contribution in [3.8, 4) is 11.4 Å². The van der Waals surface area contributed by atoms with Gasteiger partial charge >= 0.3 is 0 Å². The number of hydrogen-bond donors (Lipinski definition) is 1. The number of nitrogens with zero attached hydrogens (tertiary/aromatic N) is 4. The first-order valence-corrected chi connectivity index (χ1v) is 7.99. The molecule has 0 radical (unpaired) electrons. The Morgan fingerprint density at radius 2 is 2.17 bits per heavy atom. The molecule has 7 nitrogen and oxygen atoms in total. The zero-order chi connectivity index (χ0) is 16.8. The highest BCUT2D eigenvalue weighted by atomic mass is 19.1. The lowest BCUT2D eigenvalue weighted by Crippen LogP contribution is -2.54. The van der Waals surface area contributed by atoms with Crippen LogP contribution < -0.4 is 10.2 Å². The molecule has 0 spiro atoms. The summed E-state index contributed by atoms with van der Waals surface area (Å²) in [5.74, 6) is 1.54. The van der Waals surface area contributed by atoms with E-state index in [4.69, 9.17) is 9.26 Å². The molecule has 4 heterocycles. The van der Waals surface area contributed by atoms with Crippen LogP contribution in [0.5, 0.6) is 0 Å². The lowest BCUT2D eigenvalue weighted by molar-refractivity contribution is -0.0679. The first-order chi connectivity index (χ1) is 11.5. The number of ether oxygens (including phenoxy) is 1. The molecule has 24 heavy (non-hydrogen) atoms. The molecule has 4 rings (SSSR count). The second-order valence-electron chi connectivity index (χ2n) is 6.68. The molecule has 0 aliphatic carbocycles. The van der Waals surface area contributed by atoms with E-state index in [2.05, 4.69) is 20.4 Å². The van der Waals surface area contributed by atoms with E-state index >= 15 is 4.39 Å². The summed E-state index contributed by atoms with van der Waals surface area (Å²) in [6.45, 7) is 1.38. The minimum absolute atomic E-state index is 0.246. The maximum absolute atomic E-state index is 15.4. The molecule has 1 N–H and O–H groups in total. The van der Waals surface area contributed by atoms with Crippen molar-refractivity contribution < 1.29 is 13.7 Å². The third-order valence-electron chi connectivity index (χ3n) is 4.98. The molecule has 128 valence electrons. The maximum atomic E-state index is 15.4. The molecule has 2 atom stereocenters. The number of rotatable bonds is 3. The lowest BCUT2D eigenvalue weighted by Gasteiger charge is -2.39. The summed E-state index contributed by atoms with van der Waals surface area (Å²) in [6, 6.07) is 3.76. The van der Waals surface area contributed by atoms with Gasteiger partial charge in [0.1, 0.15) is 16.9 Å². The van der Waals surface area contributed by atoms with Crippen LogP contribution in [0.3, 0.4) is 0 Å². The number of hydrogen-bond acceptors (Lipinski definition) is 7. The van der Waals surface area contributed by atoms with Gasteiger partial charge in [-0.05, 0) is 12.1 Å². The van der Waals surface area contributed by atoms with E-state index in [9.17, 15) is 0 Å². The number of anilines is 1. The molecule has 0 saturated carbocycles. The second kappa shape index (κ2) is 5.49. The molecule has 2 fully saturated rings. The minimum Gasteiger partial charge on any atom is -0.380 e. The van der Waals surface area contributed by atoms with Gasteiger partial charge in [-0.2, -0.15) is 4.98 Å². The molecule has 0 unspecified atom stereocenters. The van der Waals surface area contributed by atoms with E-state index < -0.39 is 11.1 Å². The minimum atomic E-state index is -1.41. The number of pyridine rings is 1. The number of halogens is 1. The van der Waals surface area contributed by atoms with Crippen LogP contribution in [0.4, 0.5) is 10.2 Å². The number of fused-ring (bicyclic) bond motifs is 1. The average molecular weight is 333 g/mol. The molecule has 2 saturated heterocycles. The van der Waals surface area contributed by atoms with Crippen LogP contribution in [0.15, 0.2) is 22.9 Å². The van der Waals surface area contributed by atoms with Crippen LogP contribution in [0.1, 0.15) is 12.3 Å². The summed E-state index contributed by atoms with van der Waals surface area (Å²) in [5, 5.41) is 7.15. The molecule has 0 amide bonds. The zero-order valence-electron chi connectivity index (χ0n) is 13.8. The lowest BCUT2D eigenvalue weighted by atomic mass is 9.73. The summed E-state index contributed by atoms with van der Waals surface area (Å²) in [4.78, 5) is 10.7. The molecule has 0 bridgehead atoms. The fourth-order valence-corrected chi connectivity index (χ4v) is 3.44. The van der Waals surface area contributed by atoms with E-state index in [1.165, 1.54) is 0 Å². The number of alkyl halides is 1. The van der Waals surface area contributed by atoms with Crippen molar-refractivity contribution in [3.63, 3.8) is 0 Å². The van der Waals surface area contributed by atoms with E-state index in [0.717, 1.165) is 11.4 Å². The normalized spacial score (nSPS) is 29.5. The monoisotopic (exact) mass is 333 g/mol. The van der Waals surface area contributed by atoms with Crippen molar-refractivity contribution in [1.29, 1.82) is 0 Å². The second-order valence-corrected chi connectivity index (χ2v) is 6.68. The van der Waals surface area contributed by atoms with E-state index in [0.29, 0.717) is 31.3 Å². The van der Waals surface area contributed by atoms with Crippen LogP contribution in [0.25, 0.3) is 11.4 Å². The third kappa shape index (κ3) is 2.21. The van der Waals surface area contributed by atoms with Gasteiger partial charge in [-0.3, -0.25) is 0 Å². The fraction of sp³-hybridized carbons (Fsp3) is 0.562. The molecule has 2 aromatic rings. The molecule has 0 aromatic carbocycles. The summed E-state index contributed by atoms with van der Waals surface area (Å²) in [6.07, 6.45) is 2.02. The van der Waals surface area contributed by atoms with Crippen LogP contribution >= 0.6 is 0 Å².